The molecule has 0 aliphatic rings. The van der Waals surface area contributed by atoms with E-state index in [0.717, 1.165) is 38.3 Å². The average molecular weight is 376 g/mol. The number of H-pyrrole nitrogens is 1. The van der Waals surface area contributed by atoms with Gasteiger partial charge in [-0.05, 0) is 19.2 Å². The SMILES string of the molecule is COc1ncncc1-c1nc(C)c(-c2cc(C(C)(C)CSC)[nH]n2)s1. The molecule has 0 amide bonds. The summed E-state index contributed by atoms with van der Waals surface area (Å²) in [4.78, 5) is 14.0. The zero-order valence-electron chi connectivity index (χ0n) is 15.0. The first-order valence-electron chi connectivity index (χ1n) is 7.83. The third-order valence-electron chi connectivity index (χ3n) is 3.94. The van der Waals surface area contributed by atoms with Crippen LogP contribution in [-0.4, -0.2) is 44.3 Å². The van der Waals surface area contributed by atoms with Gasteiger partial charge in [-0.1, -0.05) is 13.8 Å². The fraction of sp³-hybridized carbons (Fsp3) is 0.412. The van der Waals surface area contributed by atoms with Gasteiger partial charge in [-0.2, -0.15) is 16.9 Å². The van der Waals surface area contributed by atoms with Crippen molar-refractivity contribution in [1.82, 2.24) is 25.1 Å². The minimum Gasteiger partial charge on any atom is -0.480 e. The average Bonchev–Trinajstić information content (AvgIpc) is 3.21. The van der Waals surface area contributed by atoms with Crippen molar-refractivity contribution in [2.75, 3.05) is 19.1 Å². The predicted molar refractivity (Wildman–Crippen MR) is 103 cm³/mol. The molecule has 0 atom stereocenters. The van der Waals surface area contributed by atoms with Crippen molar-refractivity contribution < 1.29 is 4.74 Å². The van der Waals surface area contributed by atoms with E-state index >= 15 is 0 Å². The molecule has 3 aromatic rings. The van der Waals surface area contributed by atoms with E-state index in [9.17, 15) is 0 Å². The Kier molecular flexibility index (Phi) is 5.10. The Balaban J connectivity index is 1.98. The topological polar surface area (TPSA) is 76.6 Å². The summed E-state index contributed by atoms with van der Waals surface area (Å²) in [5, 5.41) is 8.54. The van der Waals surface area contributed by atoms with Crippen molar-refractivity contribution in [2.24, 2.45) is 0 Å². The Labute approximate surface area is 155 Å². The first-order valence-corrected chi connectivity index (χ1v) is 10.0. The number of nitrogens with one attached hydrogen (secondary N) is 1. The van der Waals surface area contributed by atoms with Crippen molar-refractivity contribution in [3.8, 4) is 27.0 Å². The Morgan fingerprint density at radius 2 is 2.16 bits per heavy atom. The smallest absolute Gasteiger partial charge is 0.226 e. The van der Waals surface area contributed by atoms with Gasteiger partial charge >= 0.3 is 0 Å². The van der Waals surface area contributed by atoms with Crippen molar-refractivity contribution in [2.45, 2.75) is 26.2 Å². The fourth-order valence-corrected chi connectivity index (χ4v) is 4.51. The van der Waals surface area contributed by atoms with Gasteiger partial charge in [0.25, 0.3) is 0 Å². The molecule has 0 fully saturated rings. The molecule has 3 heterocycles. The van der Waals surface area contributed by atoms with E-state index in [2.05, 4.69) is 51.3 Å². The maximum absolute atomic E-state index is 5.32. The van der Waals surface area contributed by atoms with Crippen LogP contribution in [0.15, 0.2) is 18.6 Å². The molecule has 0 unspecified atom stereocenters. The van der Waals surface area contributed by atoms with Crippen LogP contribution in [0, 0.1) is 6.92 Å². The summed E-state index contributed by atoms with van der Waals surface area (Å²) in [7, 11) is 1.60. The predicted octanol–water partition coefficient (Wildman–Crippen LogP) is 3.95. The number of nitrogens with zero attached hydrogens (tertiary/aromatic N) is 4. The van der Waals surface area contributed by atoms with Crippen LogP contribution in [0.5, 0.6) is 5.88 Å². The number of thiazole rings is 1. The van der Waals surface area contributed by atoms with Gasteiger partial charge in [0.1, 0.15) is 17.0 Å². The number of aromatic amines is 1. The molecule has 0 radical (unpaired) electrons. The number of ether oxygens (including phenoxy) is 1. The number of aryl methyl sites for hydroxylation is 1. The van der Waals surface area contributed by atoms with Crippen LogP contribution in [0.2, 0.25) is 0 Å². The van der Waals surface area contributed by atoms with Crippen LogP contribution in [0.25, 0.3) is 21.1 Å². The molecule has 25 heavy (non-hydrogen) atoms. The van der Waals surface area contributed by atoms with Gasteiger partial charge in [0.15, 0.2) is 0 Å². The quantitative estimate of drug-likeness (QED) is 0.703. The van der Waals surface area contributed by atoms with E-state index in [0.29, 0.717) is 5.88 Å². The molecule has 132 valence electrons. The minimum absolute atomic E-state index is 0.0442. The molecule has 0 aliphatic carbocycles. The summed E-state index contributed by atoms with van der Waals surface area (Å²) in [5.41, 5.74) is 3.82. The fourth-order valence-electron chi connectivity index (χ4n) is 2.60. The Hall–Kier alpha value is -1.93. The molecule has 0 aromatic carbocycles. The van der Waals surface area contributed by atoms with Gasteiger partial charge in [0.2, 0.25) is 5.88 Å². The first kappa shape index (κ1) is 17.9. The lowest BCUT2D eigenvalue weighted by Gasteiger charge is -2.21. The normalized spacial score (nSPS) is 11.7. The van der Waals surface area contributed by atoms with Crippen molar-refractivity contribution in [3.05, 3.63) is 30.0 Å². The highest BCUT2D eigenvalue weighted by Crippen LogP contribution is 2.38. The van der Waals surface area contributed by atoms with E-state index < -0.39 is 0 Å². The molecule has 0 saturated carbocycles. The number of rotatable bonds is 6. The van der Waals surface area contributed by atoms with Gasteiger partial charge in [-0.15, -0.1) is 11.3 Å². The highest BCUT2D eigenvalue weighted by molar-refractivity contribution is 7.98. The zero-order valence-corrected chi connectivity index (χ0v) is 16.6. The second-order valence-corrected chi connectivity index (χ2v) is 8.23. The Morgan fingerprint density at radius 1 is 1.36 bits per heavy atom. The van der Waals surface area contributed by atoms with Gasteiger partial charge < -0.3 is 4.74 Å². The van der Waals surface area contributed by atoms with Gasteiger partial charge in [-0.3, -0.25) is 5.10 Å². The van der Waals surface area contributed by atoms with Crippen LogP contribution >= 0.6 is 23.1 Å². The van der Waals surface area contributed by atoms with Crippen molar-refractivity contribution in [3.63, 3.8) is 0 Å². The summed E-state index contributed by atoms with van der Waals surface area (Å²) in [6, 6.07) is 2.12. The summed E-state index contributed by atoms with van der Waals surface area (Å²) < 4.78 is 5.32. The molecule has 8 heteroatoms. The van der Waals surface area contributed by atoms with Crippen LogP contribution in [-0.2, 0) is 5.41 Å². The van der Waals surface area contributed by atoms with Gasteiger partial charge in [-0.25, -0.2) is 15.0 Å². The largest absolute Gasteiger partial charge is 0.480 e. The molecule has 6 nitrogen and oxygen atoms in total. The van der Waals surface area contributed by atoms with E-state index in [1.165, 1.54) is 6.33 Å². The Bertz CT molecular complexity index is 872. The Morgan fingerprint density at radius 3 is 2.88 bits per heavy atom. The monoisotopic (exact) mass is 375 g/mol. The molecular formula is C17H21N5OS2. The molecule has 3 aromatic heterocycles. The van der Waals surface area contributed by atoms with Crippen LogP contribution < -0.4 is 4.74 Å². The number of hydrogen-bond acceptors (Lipinski definition) is 7. The van der Waals surface area contributed by atoms with Crippen molar-refractivity contribution >= 4 is 23.1 Å². The maximum atomic E-state index is 5.32. The zero-order chi connectivity index (χ0) is 18.0. The molecular weight excluding hydrogens is 354 g/mol. The van der Waals surface area contributed by atoms with E-state index in [-0.39, 0.29) is 5.41 Å². The minimum atomic E-state index is 0.0442. The van der Waals surface area contributed by atoms with Crippen LogP contribution in [0.4, 0.5) is 0 Å². The lowest BCUT2D eigenvalue weighted by Crippen LogP contribution is -2.20. The van der Waals surface area contributed by atoms with Crippen molar-refractivity contribution in [1.29, 1.82) is 0 Å². The molecule has 0 aliphatic heterocycles. The molecule has 3 rings (SSSR count). The van der Waals surface area contributed by atoms with E-state index in [1.807, 2.05) is 18.7 Å². The number of thioether (sulfide) groups is 1. The third-order valence-corrected chi connectivity index (χ3v) is 6.16. The third kappa shape index (κ3) is 3.55. The molecule has 1 N–H and O–H groups in total. The van der Waals surface area contributed by atoms with Gasteiger partial charge in [0.05, 0.1) is 23.2 Å². The molecule has 0 bridgehead atoms. The maximum Gasteiger partial charge on any atom is 0.226 e. The number of aromatic nitrogens is 5. The summed E-state index contributed by atoms with van der Waals surface area (Å²) in [5.74, 6) is 1.55. The van der Waals surface area contributed by atoms with E-state index in [4.69, 9.17) is 4.74 Å². The number of hydrogen-bond donors (Lipinski definition) is 1. The van der Waals surface area contributed by atoms with Crippen LogP contribution in [0.3, 0.4) is 0 Å². The van der Waals surface area contributed by atoms with E-state index in [1.54, 1.807) is 24.6 Å². The summed E-state index contributed by atoms with van der Waals surface area (Å²) in [6.07, 6.45) is 5.32. The standard InChI is InChI=1S/C17H21N5OS2/c1-10-14(12-6-13(22-21-12)17(2,3)8-24-5)25-16(20-10)11-7-18-9-19-15(11)23-4/h6-7,9H,8H2,1-5H3,(H,21,22). The molecule has 0 spiro atoms. The van der Waals surface area contributed by atoms with Crippen LogP contribution in [0.1, 0.15) is 25.2 Å². The lowest BCUT2D eigenvalue weighted by molar-refractivity contribution is 0.398. The second kappa shape index (κ2) is 7.13. The first-order chi connectivity index (χ1) is 12.0. The summed E-state index contributed by atoms with van der Waals surface area (Å²) in [6.45, 7) is 6.43. The van der Waals surface area contributed by atoms with Gasteiger partial charge in [0, 0.05) is 23.1 Å². The second-order valence-electron chi connectivity index (χ2n) is 6.36. The highest BCUT2D eigenvalue weighted by atomic mass is 32.2. The highest BCUT2D eigenvalue weighted by Gasteiger charge is 2.24. The molecule has 0 saturated heterocycles. The lowest BCUT2D eigenvalue weighted by atomic mass is 9.92. The number of methoxy groups -OCH3 is 1. The summed E-state index contributed by atoms with van der Waals surface area (Å²) >= 11 is 3.41.